The number of hydrogen-bond donors (Lipinski definition) is 2. The molecule has 0 radical (unpaired) electrons. The first kappa shape index (κ1) is 14.3. The minimum atomic E-state index is 0.149. The van der Waals surface area contributed by atoms with E-state index in [1.165, 1.54) is 0 Å². The van der Waals surface area contributed by atoms with Crippen LogP contribution in [0.2, 0.25) is 5.02 Å². The van der Waals surface area contributed by atoms with Crippen LogP contribution in [0.5, 0.6) is 0 Å². The Morgan fingerprint density at radius 2 is 2.00 bits per heavy atom. The molecule has 0 saturated carbocycles. The van der Waals surface area contributed by atoms with E-state index < -0.39 is 0 Å². The van der Waals surface area contributed by atoms with Gasteiger partial charge in [0, 0.05) is 11.7 Å². The number of benzene rings is 1. The zero-order chi connectivity index (χ0) is 13.2. The molecule has 4 heteroatoms. The highest BCUT2D eigenvalue weighted by atomic mass is 35.5. The van der Waals surface area contributed by atoms with Gasteiger partial charge in [0.1, 0.15) is 4.99 Å². The van der Waals surface area contributed by atoms with Crippen LogP contribution in [0.4, 0.5) is 5.69 Å². The van der Waals surface area contributed by atoms with E-state index in [1.807, 2.05) is 12.1 Å². The Morgan fingerprint density at radius 3 is 2.47 bits per heavy atom. The lowest BCUT2D eigenvalue weighted by atomic mass is 9.88. The van der Waals surface area contributed by atoms with Crippen molar-refractivity contribution in [2.24, 2.45) is 11.1 Å². The first-order valence-electron chi connectivity index (χ1n) is 5.58. The SMILES string of the molecule is CC(Nc1cccc(Cl)c1C(N)=S)C(C)(C)C. The number of anilines is 1. The molecule has 0 amide bonds. The second kappa shape index (κ2) is 5.23. The van der Waals surface area contributed by atoms with E-state index in [-0.39, 0.29) is 11.5 Å². The summed E-state index contributed by atoms with van der Waals surface area (Å²) < 4.78 is 0. The van der Waals surface area contributed by atoms with Crippen LogP contribution in [0, 0.1) is 5.41 Å². The van der Waals surface area contributed by atoms with Crippen molar-refractivity contribution in [1.29, 1.82) is 0 Å². The highest BCUT2D eigenvalue weighted by Gasteiger charge is 2.21. The number of nitrogens with one attached hydrogen (secondary N) is 1. The summed E-state index contributed by atoms with van der Waals surface area (Å²) >= 11 is 11.2. The molecule has 0 bridgehead atoms. The Hall–Kier alpha value is -0.800. The zero-order valence-electron chi connectivity index (χ0n) is 10.7. The molecular formula is C13H19ClN2S. The van der Waals surface area contributed by atoms with Crippen LogP contribution >= 0.6 is 23.8 Å². The Morgan fingerprint density at radius 1 is 1.41 bits per heavy atom. The standard InChI is InChI=1S/C13H19ClN2S/c1-8(13(2,3)4)16-10-7-5-6-9(14)11(10)12(15)17/h5-8,16H,1-4H3,(H2,15,17). The summed E-state index contributed by atoms with van der Waals surface area (Å²) in [6, 6.07) is 5.92. The molecule has 1 unspecified atom stereocenters. The van der Waals surface area contributed by atoms with Gasteiger partial charge < -0.3 is 11.1 Å². The largest absolute Gasteiger partial charge is 0.389 e. The lowest BCUT2D eigenvalue weighted by Gasteiger charge is -2.30. The molecule has 0 saturated heterocycles. The Labute approximate surface area is 114 Å². The zero-order valence-corrected chi connectivity index (χ0v) is 12.2. The van der Waals surface area contributed by atoms with Crippen LogP contribution in [0.15, 0.2) is 18.2 Å². The van der Waals surface area contributed by atoms with Gasteiger partial charge in [0.05, 0.1) is 10.6 Å². The van der Waals surface area contributed by atoms with Gasteiger partial charge in [-0.05, 0) is 24.5 Å². The van der Waals surface area contributed by atoms with E-state index in [1.54, 1.807) is 6.07 Å². The quantitative estimate of drug-likeness (QED) is 0.820. The third kappa shape index (κ3) is 3.58. The van der Waals surface area contributed by atoms with Crippen LogP contribution in [0.3, 0.4) is 0 Å². The monoisotopic (exact) mass is 270 g/mol. The minimum absolute atomic E-state index is 0.149. The van der Waals surface area contributed by atoms with E-state index in [0.717, 1.165) is 11.3 Å². The number of thiocarbonyl (C=S) groups is 1. The molecule has 2 nitrogen and oxygen atoms in total. The van der Waals surface area contributed by atoms with Gasteiger partial charge in [-0.15, -0.1) is 0 Å². The second-order valence-electron chi connectivity index (χ2n) is 5.26. The highest BCUT2D eigenvalue weighted by molar-refractivity contribution is 7.80. The number of nitrogens with two attached hydrogens (primary N) is 1. The van der Waals surface area contributed by atoms with Gasteiger partial charge >= 0.3 is 0 Å². The van der Waals surface area contributed by atoms with Gasteiger partial charge in [-0.1, -0.05) is 50.7 Å². The topological polar surface area (TPSA) is 38.0 Å². The molecule has 0 aromatic heterocycles. The van der Waals surface area contributed by atoms with Crippen LogP contribution in [0.25, 0.3) is 0 Å². The summed E-state index contributed by atoms with van der Waals surface area (Å²) in [5.74, 6) is 0. The third-order valence-corrected chi connectivity index (χ3v) is 3.45. The second-order valence-corrected chi connectivity index (χ2v) is 6.11. The molecule has 3 N–H and O–H groups in total. The highest BCUT2D eigenvalue weighted by Crippen LogP contribution is 2.28. The smallest absolute Gasteiger partial charge is 0.107 e. The predicted molar refractivity (Wildman–Crippen MR) is 79.9 cm³/mol. The molecule has 0 aliphatic carbocycles. The summed E-state index contributed by atoms with van der Waals surface area (Å²) in [4.78, 5) is 0.319. The molecule has 1 aromatic rings. The molecule has 0 aliphatic rings. The van der Waals surface area contributed by atoms with Gasteiger partial charge in [0.2, 0.25) is 0 Å². The van der Waals surface area contributed by atoms with Crippen LogP contribution < -0.4 is 11.1 Å². The Balaban J connectivity index is 3.07. The third-order valence-electron chi connectivity index (χ3n) is 2.93. The van der Waals surface area contributed by atoms with Crippen LogP contribution in [-0.4, -0.2) is 11.0 Å². The van der Waals surface area contributed by atoms with E-state index in [2.05, 4.69) is 33.0 Å². The molecule has 0 spiro atoms. The van der Waals surface area contributed by atoms with Crippen molar-refractivity contribution in [2.45, 2.75) is 33.7 Å². The summed E-state index contributed by atoms with van der Waals surface area (Å²) in [7, 11) is 0. The molecule has 94 valence electrons. The van der Waals surface area contributed by atoms with Crippen molar-refractivity contribution in [2.75, 3.05) is 5.32 Å². The van der Waals surface area contributed by atoms with Crippen molar-refractivity contribution in [3.8, 4) is 0 Å². The van der Waals surface area contributed by atoms with Crippen molar-refractivity contribution in [1.82, 2.24) is 0 Å². The molecule has 1 rings (SSSR count). The molecule has 17 heavy (non-hydrogen) atoms. The molecule has 0 heterocycles. The normalized spacial score (nSPS) is 13.2. The van der Waals surface area contributed by atoms with Gasteiger partial charge in [0.15, 0.2) is 0 Å². The Kier molecular flexibility index (Phi) is 4.39. The number of rotatable bonds is 3. The summed E-state index contributed by atoms with van der Waals surface area (Å²) in [5.41, 5.74) is 7.47. The van der Waals surface area contributed by atoms with Crippen molar-refractivity contribution in [3.05, 3.63) is 28.8 Å². The fraction of sp³-hybridized carbons (Fsp3) is 0.462. The van der Waals surface area contributed by atoms with E-state index in [9.17, 15) is 0 Å². The van der Waals surface area contributed by atoms with E-state index in [4.69, 9.17) is 29.6 Å². The predicted octanol–water partition coefficient (Wildman–Crippen LogP) is 3.82. The number of hydrogen-bond acceptors (Lipinski definition) is 2. The Bertz CT molecular complexity index is 424. The maximum atomic E-state index is 6.11. The van der Waals surface area contributed by atoms with Gasteiger partial charge in [-0.25, -0.2) is 0 Å². The lowest BCUT2D eigenvalue weighted by molar-refractivity contribution is 0.359. The van der Waals surface area contributed by atoms with Crippen molar-refractivity contribution >= 4 is 34.5 Å². The molecular weight excluding hydrogens is 252 g/mol. The fourth-order valence-corrected chi connectivity index (χ4v) is 1.90. The molecule has 0 aliphatic heterocycles. The maximum absolute atomic E-state index is 6.11. The first-order chi connectivity index (χ1) is 7.73. The summed E-state index contributed by atoms with van der Waals surface area (Å²) in [6.45, 7) is 8.66. The van der Waals surface area contributed by atoms with Crippen molar-refractivity contribution in [3.63, 3.8) is 0 Å². The van der Waals surface area contributed by atoms with Crippen molar-refractivity contribution < 1.29 is 0 Å². The van der Waals surface area contributed by atoms with Crippen LogP contribution in [-0.2, 0) is 0 Å². The molecule has 1 aromatic carbocycles. The maximum Gasteiger partial charge on any atom is 0.107 e. The van der Waals surface area contributed by atoms with E-state index >= 15 is 0 Å². The molecule has 0 fully saturated rings. The minimum Gasteiger partial charge on any atom is -0.389 e. The lowest BCUT2D eigenvalue weighted by Crippen LogP contribution is -2.31. The fourth-order valence-electron chi connectivity index (χ4n) is 1.34. The summed E-state index contributed by atoms with van der Waals surface area (Å²) in [5, 5.41) is 4.01. The average molecular weight is 271 g/mol. The first-order valence-corrected chi connectivity index (χ1v) is 6.37. The van der Waals surface area contributed by atoms with Gasteiger partial charge in [-0.2, -0.15) is 0 Å². The summed E-state index contributed by atoms with van der Waals surface area (Å²) in [6.07, 6.45) is 0. The van der Waals surface area contributed by atoms with Gasteiger partial charge in [-0.3, -0.25) is 0 Å². The average Bonchev–Trinajstić information content (AvgIpc) is 2.15. The molecule has 1 atom stereocenters. The van der Waals surface area contributed by atoms with Gasteiger partial charge in [0.25, 0.3) is 0 Å². The number of halogens is 1. The van der Waals surface area contributed by atoms with E-state index in [0.29, 0.717) is 10.0 Å². The van der Waals surface area contributed by atoms with Crippen LogP contribution in [0.1, 0.15) is 33.3 Å².